The molecule has 4 rings (SSSR count). The molecule has 1 aliphatic rings. The summed E-state index contributed by atoms with van der Waals surface area (Å²) in [7, 11) is 0. The Hall–Kier alpha value is -3.33. The lowest BCUT2D eigenvalue weighted by Crippen LogP contribution is -2.28. The predicted molar refractivity (Wildman–Crippen MR) is 111 cm³/mol. The molecule has 150 valence electrons. The Bertz CT molecular complexity index is 990. The molecule has 3 aromatic rings. The Labute approximate surface area is 173 Å². The average molecular weight is 412 g/mol. The number of nitrogens with one attached hydrogen (secondary N) is 2. The molecule has 0 radical (unpaired) electrons. The van der Waals surface area contributed by atoms with Crippen LogP contribution in [0.5, 0.6) is 17.2 Å². The maximum absolute atomic E-state index is 5.57. The monoisotopic (exact) mass is 412 g/mol. The van der Waals surface area contributed by atoms with Crippen molar-refractivity contribution in [2.24, 2.45) is 0 Å². The van der Waals surface area contributed by atoms with Crippen molar-refractivity contribution in [2.45, 2.75) is 13.5 Å². The Balaban J connectivity index is 1.32. The molecule has 0 saturated heterocycles. The highest BCUT2D eigenvalue weighted by molar-refractivity contribution is 7.80. The number of ether oxygens (including phenoxy) is 3. The topological polar surface area (TPSA) is 90.7 Å². The van der Waals surface area contributed by atoms with Crippen molar-refractivity contribution in [2.75, 3.05) is 25.1 Å². The summed E-state index contributed by atoms with van der Waals surface area (Å²) in [5.41, 5.74) is 1.65. The van der Waals surface area contributed by atoms with Crippen LogP contribution in [0.4, 0.5) is 5.69 Å². The van der Waals surface area contributed by atoms with Crippen LogP contribution in [0.2, 0.25) is 0 Å². The number of aromatic nitrogens is 2. The van der Waals surface area contributed by atoms with Crippen molar-refractivity contribution in [3.8, 4) is 28.6 Å². The molecule has 2 N–H and O–H groups in total. The van der Waals surface area contributed by atoms with Crippen molar-refractivity contribution in [3.05, 3.63) is 48.4 Å². The van der Waals surface area contributed by atoms with Crippen LogP contribution in [0.3, 0.4) is 0 Å². The van der Waals surface area contributed by atoms with E-state index < -0.39 is 0 Å². The summed E-state index contributed by atoms with van der Waals surface area (Å²) in [4.78, 5) is 4.39. The lowest BCUT2D eigenvalue weighted by Gasteiger charge is -2.19. The number of thiocarbonyl (C=S) groups is 1. The van der Waals surface area contributed by atoms with E-state index in [0.29, 0.717) is 48.9 Å². The number of hydrogen-bond acceptors (Lipinski definition) is 7. The largest absolute Gasteiger partial charge is 0.494 e. The second-order valence-electron chi connectivity index (χ2n) is 6.14. The Morgan fingerprint density at radius 3 is 2.69 bits per heavy atom. The summed E-state index contributed by atoms with van der Waals surface area (Å²) < 4.78 is 21.8. The third-order valence-corrected chi connectivity index (χ3v) is 4.34. The van der Waals surface area contributed by atoms with Gasteiger partial charge >= 0.3 is 0 Å². The zero-order valence-corrected chi connectivity index (χ0v) is 16.6. The first-order valence-corrected chi connectivity index (χ1v) is 9.62. The zero-order chi connectivity index (χ0) is 20.1. The van der Waals surface area contributed by atoms with Crippen molar-refractivity contribution >= 4 is 23.0 Å². The van der Waals surface area contributed by atoms with Gasteiger partial charge in [-0.2, -0.15) is 4.98 Å². The highest BCUT2D eigenvalue weighted by Gasteiger charge is 2.13. The second-order valence-corrected chi connectivity index (χ2v) is 6.54. The molecule has 9 heteroatoms. The fraction of sp³-hybridized carbons (Fsp3) is 0.250. The number of hydrogen-bond donors (Lipinski definition) is 2. The van der Waals surface area contributed by atoms with E-state index in [-0.39, 0.29) is 0 Å². The van der Waals surface area contributed by atoms with Gasteiger partial charge in [0.1, 0.15) is 19.0 Å². The molecule has 0 amide bonds. The van der Waals surface area contributed by atoms with E-state index in [0.717, 1.165) is 22.7 Å². The minimum atomic E-state index is 0.306. The molecule has 0 unspecified atom stereocenters. The molecular weight excluding hydrogens is 392 g/mol. The van der Waals surface area contributed by atoms with E-state index in [1.165, 1.54) is 0 Å². The molecule has 0 aliphatic carbocycles. The van der Waals surface area contributed by atoms with Crippen LogP contribution in [0, 0.1) is 0 Å². The molecule has 0 atom stereocenters. The third-order valence-electron chi connectivity index (χ3n) is 4.09. The lowest BCUT2D eigenvalue weighted by molar-refractivity contribution is 0.171. The first-order chi connectivity index (χ1) is 14.2. The summed E-state index contributed by atoms with van der Waals surface area (Å²) in [6.07, 6.45) is 0. The fourth-order valence-electron chi connectivity index (χ4n) is 2.76. The number of anilines is 1. The van der Waals surface area contributed by atoms with Crippen molar-refractivity contribution in [1.82, 2.24) is 15.5 Å². The Morgan fingerprint density at radius 2 is 1.90 bits per heavy atom. The second kappa shape index (κ2) is 8.78. The van der Waals surface area contributed by atoms with Crippen molar-refractivity contribution < 1.29 is 18.7 Å². The minimum Gasteiger partial charge on any atom is -0.494 e. The van der Waals surface area contributed by atoms with Gasteiger partial charge in [-0.25, -0.2) is 0 Å². The molecule has 1 aliphatic heterocycles. The zero-order valence-electron chi connectivity index (χ0n) is 15.8. The van der Waals surface area contributed by atoms with Crippen LogP contribution < -0.4 is 24.8 Å². The smallest absolute Gasteiger partial charge is 0.246 e. The van der Waals surface area contributed by atoms with Crippen molar-refractivity contribution in [1.29, 1.82) is 0 Å². The van der Waals surface area contributed by atoms with Crippen LogP contribution >= 0.6 is 12.2 Å². The van der Waals surface area contributed by atoms with E-state index in [9.17, 15) is 0 Å². The fourth-order valence-corrected chi connectivity index (χ4v) is 2.95. The molecule has 29 heavy (non-hydrogen) atoms. The Kier molecular flexibility index (Phi) is 5.76. The molecule has 0 spiro atoms. The number of nitrogens with zero attached hydrogens (tertiary/aromatic N) is 2. The first-order valence-electron chi connectivity index (χ1n) is 9.21. The summed E-state index contributed by atoms with van der Waals surface area (Å²) in [6.45, 7) is 3.97. The standard InChI is InChI=1S/C20H20N4O4S/c1-2-25-15-6-3-13(4-7-15)19-23-18(28-24-19)12-21-20(29)22-14-5-8-16-17(11-14)27-10-9-26-16/h3-8,11H,2,9-10,12H2,1H3,(H2,21,22,29). The van der Waals surface area contributed by atoms with Crippen molar-refractivity contribution in [3.63, 3.8) is 0 Å². The van der Waals surface area contributed by atoms with Crippen LogP contribution in [0.1, 0.15) is 12.8 Å². The molecule has 2 heterocycles. The minimum absolute atomic E-state index is 0.306. The quantitative estimate of drug-likeness (QED) is 0.591. The summed E-state index contributed by atoms with van der Waals surface area (Å²) in [5, 5.41) is 10.6. The summed E-state index contributed by atoms with van der Waals surface area (Å²) in [5.74, 6) is 3.17. The van der Waals surface area contributed by atoms with Gasteiger partial charge in [-0.05, 0) is 55.5 Å². The number of rotatable bonds is 6. The molecular formula is C20H20N4O4S. The normalized spacial score (nSPS) is 12.3. The van der Waals surface area contributed by atoms with Gasteiger partial charge in [0.15, 0.2) is 16.6 Å². The molecule has 8 nitrogen and oxygen atoms in total. The van der Waals surface area contributed by atoms with E-state index in [2.05, 4.69) is 20.8 Å². The first kappa shape index (κ1) is 19.0. The lowest BCUT2D eigenvalue weighted by atomic mass is 10.2. The molecule has 1 aromatic heterocycles. The van der Waals surface area contributed by atoms with Gasteiger partial charge in [0.25, 0.3) is 0 Å². The van der Waals surface area contributed by atoms with Gasteiger partial charge in [-0.1, -0.05) is 5.16 Å². The highest BCUT2D eigenvalue weighted by atomic mass is 32.1. The van der Waals surface area contributed by atoms with Gasteiger partial charge in [0.2, 0.25) is 11.7 Å². The van der Waals surface area contributed by atoms with Crippen LogP contribution in [0.25, 0.3) is 11.4 Å². The number of benzene rings is 2. The van der Waals surface area contributed by atoms with E-state index >= 15 is 0 Å². The summed E-state index contributed by atoms with van der Waals surface area (Å²) in [6, 6.07) is 13.1. The molecule has 0 bridgehead atoms. The third kappa shape index (κ3) is 4.75. The molecule has 0 fully saturated rings. The Morgan fingerprint density at radius 1 is 1.10 bits per heavy atom. The molecule has 0 saturated carbocycles. The van der Waals surface area contributed by atoms with Gasteiger partial charge in [-0.15, -0.1) is 0 Å². The van der Waals surface area contributed by atoms with E-state index in [1.807, 2.05) is 49.4 Å². The van der Waals surface area contributed by atoms with Crippen LogP contribution in [-0.4, -0.2) is 35.1 Å². The van der Waals surface area contributed by atoms with Gasteiger partial charge in [-0.3, -0.25) is 0 Å². The van der Waals surface area contributed by atoms with E-state index in [4.69, 9.17) is 31.0 Å². The van der Waals surface area contributed by atoms with Gasteiger partial charge in [0, 0.05) is 17.3 Å². The van der Waals surface area contributed by atoms with E-state index in [1.54, 1.807) is 0 Å². The predicted octanol–water partition coefficient (Wildman–Crippen LogP) is 3.39. The number of fused-ring (bicyclic) bond motifs is 1. The summed E-state index contributed by atoms with van der Waals surface area (Å²) >= 11 is 5.33. The SMILES string of the molecule is CCOc1ccc(-c2noc(CNC(=S)Nc3ccc4c(c3)OCCO4)n2)cc1. The van der Waals surface area contributed by atoms with Crippen LogP contribution in [-0.2, 0) is 6.54 Å². The maximum Gasteiger partial charge on any atom is 0.246 e. The highest BCUT2D eigenvalue weighted by Crippen LogP contribution is 2.32. The van der Waals surface area contributed by atoms with Gasteiger partial charge in [0.05, 0.1) is 13.2 Å². The van der Waals surface area contributed by atoms with Gasteiger partial charge < -0.3 is 29.4 Å². The average Bonchev–Trinajstić information content (AvgIpc) is 3.22. The maximum atomic E-state index is 5.57. The molecule has 2 aromatic carbocycles. The van der Waals surface area contributed by atoms with Crippen LogP contribution in [0.15, 0.2) is 47.0 Å².